The summed E-state index contributed by atoms with van der Waals surface area (Å²) in [7, 11) is 0. The van der Waals surface area contributed by atoms with Gasteiger partial charge in [0.05, 0.1) is 17.4 Å². The first-order chi connectivity index (χ1) is 17.1. The highest BCUT2D eigenvalue weighted by atomic mass is 16.6. The lowest BCUT2D eigenvalue weighted by atomic mass is 9.41. The first-order valence-corrected chi connectivity index (χ1v) is 14.9. The maximum Gasteiger partial charge on any atom is 0.314 e. The third-order valence-electron chi connectivity index (χ3n) is 12.3. The van der Waals surface area contributed by atoms with Crippen molar-refractivity contribution in [3.8, 4) is 0 Å². The van der Waals surface area contributed by atoms with Gasteiger partial charge in [-0.3, -0.25) is 9.59 Å². The number of hydrogen-bond donors (Lipinski definition) is 1. The van der Waals surface area contributed by atoms with Gasteiger partial charge < -0.3 is 14.6 Å². The lowest BCUT2D eigenvalue weighted by Crippen LogP contribution is -2.59. The number of fused-ring (bicyclic) bond motifs is 4. The third-order valence-corrected chi connectivity index (χ3v) is 12.3. The lowest BCUT2D eigenvalue weighted by Gasteiger charge is -2.63. The first-order valence-electron chi connectivity index (χ1n) is 14.9. The Hall–Kier alpha value is -1.36. The molecule has 5 heteroatoms. The van der Waals surface area contributed by atoms with Crippen LogP contribution >= 0.6 is 0 Å². The van der Waals surface area contributed by atoms with Crippen molar-refractivity contribution in [3.05, 3.63) is 11.6 Å². The lowest BCUT2D eigenvalue weighted by molar-refractivity contribution is -0.163. The van der Waals surface area contributed by atoms with E-state index in [-0.39, 0.29) is 46.3 Å². The Kier molecular flexibility index (Phi) is 6.30. The van der Waals surface area contributed by atoms with Crippen LogP contribution in [0.25, 0.3) is 0 Å². The number of allylic oxidation sites excluding steroid dienone is 2. The number of aliphatic hydroxyl groups is 1. The minimum Gasteiger partial charge on any atom is -0.462 e. The van der Waals surface area contributed by atoms with Gasteiger partial charge in [0, 0.05) is 12.3 Å². The van der Waals surface area contributed by atoms with Crippen molar-refractivity contribution in [2.75, 3.05) is 0 Å². The van der Waals surface area contributed by atoms with E-state index in [4.69, 9.17) is 9.47 Å². The van der Waals surface area contributed by atoms with Crippen LogP contribution in [0.4, 0.5) is 0 Å². The quantitative estimate of drug-likeness (QED) is 0.330. The van der Waals surface area contributed by atoms with Crippen molar-refractivity contribution < 1.29 is 24.2 Å². The van der Waals surface area contributed by atoms with Crippen molar-refractivity contribution in [3.63, 3.8) is 0 Å². The Labute approximate surface area is 224 Å². The Morgan fingerprint density at radius 1 is 1.16 bits per heavy atom. The molecule has 1 heterocycles. The molecular weight excluding hydrogens is 464 g/mol. The molecule has 5 aliphatic rings. The van der Waals surface area contributed by atoms with Crippen molar-refractivity contribution in [2.24, 2.45) is 45.3 Å². The molecule has 1 aliphatic heterocycles. The molecule has 4 fully saturated rings. The number of cyclic esters (lactones) is 1. The molecule has 0 aromatic rings. The zero-order valence-corrected chi connectivity index (χ0v) is 24.5. The molecule has 0 bridgehead atoms. The predicted molar refractivity (Wildman–Crippen MR) is 143 cm³/mol. The summed E-state index contributed by atoms with van der Waals surface area (Å²) >= 11 is 0. The van der Waals surface area contributed by atoms with Crippen LogP contribution in [0.15, 0.2) is 11.6 Å². The summed E-state index contributed by atoms with van der Waals surface area (Å²) in [6, 6.07) is 0. The Balaban J connectivity index is 1.58. The molecule has 0 aromatic heterocycles. The number of hydrogen-bond acceptors (Lipinski definition) is 5. The van der Waals surface area contributed by atoms with Crippen molar-refractivity contribution in [1.82, 2.24) is 0 Å². The number of carbonyl (C=O) groups is 2. The van der Waals surface area contributed by atoms with Crippen LogP contribution in [-0.4, -0.2) is 34.9 Å². The van der Waals surface area contributed by atoms with E-state index in [0.717, 1.165) is 51.4 Å². The SMILES string of the molecule is CC(=O)O[C@@H]1C[C@@]2(C)C3=CC[C@H]4C(C)(C)[C@@H](O)CC[C@]4(C)[C@@H]3CCC23C(=O)O[C@@](C)(CCCC(C)C)[C@@H]13. The number of esters is 2. The first kappa shape index (κ1) is 27.2. The normalized spacial score (nSPS) is 47.9. The van der Waals surface area contributed by atoms with Gasteiger partial charge in [0.25, 0.3) is 0 Å². The van der Waals surface area contributed by atoms with Crippen LogP contribution in [0, 0.1) is 45.3 Å². The molecule has 5 nitrogen and oxygen atoms in total. The second-order valence-corrected chi connectivity index (χ2v) is 15.0. The van der Waals surface area contributed by atoms with Crippen LogP contribution in [0.2, 0.25) is 0 Å². The van der Waals surface area contributed by atoms with E-state index >= 15 is 0 Å². The fourth-order valence-corrected chi connectivity index (χ4v) is 10.6. The molecule has 1 N–H and O–H groups in total. The molecule has 0 radical (unpaired) electrons. The Morgan fingerprint density at radius 2 is 1.86 bits per heavy atom. The van der Waals surface area contributed by atoms with Gasteiger partial charge in [-0.15, -0.1) is 0 Å². The molecule has 0 aromatic carbocycles. The molecule has 37 heavy (non-hydrogen) atoms. The topological polar surface area (TPSA) is 72.8 Å². The maximum atomic E-state index is 14.1. The number of aliphatic hydroxyl groups excluding tert-OH is 1. The molecule has 208 valence electrons. The van der Waals surface area contributed by atoms with Crippen molar-refractivity contribution in [2.45, 2.75) is 131 Å². The summed E-state index contributed by atoms with van der Waals surface area (Å²) in [6.07, 6.45) is 9.98. The van der Waals surface area contributed by atoms with E-state index in [1.54, 1.807) is 0 Å². The van der Waals surface area contributed by atoms with Gasteiger partial charge in [0.15, 0.2) is 0 Å². The monoisotopic (exact) mass is 514 g/mol. The fraction of sp³-hybridized carbons (Fsp3) is 0.875. The Bertz CT molecular complexity index is 997. The van der Waals surface area contributed by atoms with Crippen LogP contribution < -0.4 is 0 Å². The summed E-state index contributed by atoms with van der Waals surface area (Å²) in [5.74, 6) is 0.941. The van der Waals surface area contributed by atoms with E-state index in [2.05, 4.69) is 54.5 Å². The van der Waals surface area contributed by atoms with Gasteiger partial charge in [-0.2, -0.15) is 0 Å². The average Bonchev–Trinajstić information content (AvgIpc) is 3.17. The molecule has 1 unspecified atom stereocenters. The van der Waals surface area contributed by atoms with E-state index in [0.29, 0.717) is 24.2 Å². The highest BCUT2D eigenvalue weighted by Crippen LogP contribution is 2.76. The average molecular weight is 515 g/mol. The van der Waals surface area contributed by atoms with Gasteiger partial charge in [-0.05, 0) is 86.9 Å². The smallest absolute Gasteiger partial charge is 0.314 e. The summed E-state index contributed by atoms with van der Waals surface area (Å²) < 4.78 is 12.5. The predicted octanol–water partition coefficient (Wildman–Crippen LogP) is 6.62. The highest BCUT2D eigenvalue weighted by molar-refractivity contribution is 5.84. The fourth-order valence-electron chi connectivity index (χ4n) is 10.6. The molecule has 5 rings (SSSR count). The van der Waals surface area contributed by atoms with Gasteiger partial charge in [-0.1, -0.05) is 59.6 Å². The molecule has 1 spiro atoms. The van der Waals surface area contributed by atoms with Gasteiger partial charge >= 0.3 is 11.9 Å². The summed E-state index contributed by atoms with van der Waals surface area (Å²) in [5.41, 5.74) is -0.278. The molecule has 9 atom stereocenters. The summed E-state index contributed by atoms with van der Waals surface area (Å²) in [4.78, 5) is 26.5. The largest absolute Gasteiger partial charge is 0.462 e. The molecule has 1 saturated heterocycles. The van der Waals surface area contributed by atoms with E-state index < -0.39 is 11.0 Å². The summed E-state index contributed by atoms with van der Waals surface area (Å²) in [5, 5.41) is 10.9. The summed E-state index contributed by atoms with van der Waals surface area (Å²) in [6.45, 7) is 17.3. The molecule has 3 saturated carbocycles. The maximum absolute atomic E-state index is 14.1. The number of ether oxygens (including phenoxy) is 2. The van der Waals surface area contributed by atoms with Crippen LogP contribution in [-0.2, 0) is 19.1 Å². The molecule has 0 amide bonds. The zero-order valence-electron chi connectivity index (χ0n) is 24.5. The molecule has 4 aliphatic carbocycles. The van der Waals surface area contributed by atoms with Crippen LogP contribution in [0.1, 0.15) is 113 Å². The van der Waals surface area contributed by atoms with Gasteiger partial charge in [0.1, 0.15) is 11.7 Å². The second kappa shape index (κ2) is 8.57. The minimum atomic E-state index is -0.644. The van der Waals surface area contributed by atoms with Gasteiger partial charge in [0.2, 0.25) is 0 Å². The van der Waals surface area contributed by atoms with Crippen LogP contribution in [0.5, 0.6) is 0 Å². The van der Waals surface area contributed by atoms with Crippen molar-refractivity contribution >= 4 is 11.9 Å². The van der Waals surface area contributed by atoms with E-state index in [1.165, 1.54) is 12.5 Å². The molecular formula is C32H50O5. The zero-order chi connectivity index (χ0) is 27.2. The second-order valence-electron chi connectivity index (χ2n) is 15.0. The standard InChI is InChI=1S/C32H50O5/c1-19(2)10-9-15-31(8)26-23(36-20(3)33)18-30(7)22-11-12-24-28(4,5)25(34)14-16-29(24,6)21(22)13-17-32(26,30)27(35)37-31/h11,19,21,23-26,34H,9-10,12-18H2,1-8H3/t21-,23-,24+,25+,26-,29-,30+,31+,32?/m1/s1. The van der Waals surface area contributed by atoms with E-state index in [1.807, 2.05) is 0 Å². The van der Waals surface area contributed by atoms with E-state index in [9.17, 15) is 14.7 Å². The highest BCUT2D eigenvalue weighted by Gasteiger charge is 2.79. The van der Waals surface area contributed by atoms with Gasteiger partial charge in [-0.25, -0.2) is 0 Å². The van der Waals surface area contributed by atoms with Crippen molar-refractivity contribution in [1.29, 1.82) is 0 Å². The third kappa shape index (κ3) is 3.57. The van der Waals surface area contributed by atoms with Crippen LogP contribution in [0.3, 0.4) is 0 Å². The number of carbonyl (C=O) groups excluding carboxylic acids is 2. The minimum absolute atomic E-state index is 0.0623. The Morgan fingerprint density at radius 3 is 2.51 bits per heavy atom. The number of rotatable bonds is 5.